The van der Waals surface area contributed by atoms with E-state index in [4.69, 9.17) is 0 Å². The number of ether oxygens (including phenoxy) is 1. The Hall–Kier alpha value is -0.910. The van der Waals surface area contributed by atoms with Crippen molar-refractivity contribution in [2.24, 2.45) is 4.99 Å². The largest absolute Gasteiger partial charge is 0.465 e. The normalized spacial score (nSPS) is 23.6. The number of aliphatic imine (C=N–C) groups is 1. The number of nitrogens with zero attached hydrogens (tertiary/aromatic N) is 1. The summed E-state index contributed by atoms with van der Waals surface area (Å²) in [6.45, 7) is 0. The zero-order chi connectivity index (χ0) is 16.4. The number of alkyl halides is 3. The van der Waals surface area contributed by atoms with Gasteiger partial charge in [0, 0.05) is 10.3 Å². The minimum absolute atomic E-state index is 0.0377. The molecule has 2 N–H and O–H groups in total. The fourth-order valence-corrected chi connectivity index (χ4v) is 4.21. The third kappa shape index (κ3) is 3.89. The van der Waals surface area contributed by atoms with Gasteiger partial charge < -0.3 is 15.2 Å². The van der Waals surface area contributed by atoms with Crippen LogP contribution in [0.4, 0.5) is 13.2 Å². The second kappa shape index (κ2) is 6.69. The Morgan fingerprint density at radius 3 is 2.95 bits per heavy atom. The third-order valence-electron chi connectivity index (χ3n) is 2.60. The first kappa shape index (κ1) is 17.4. The van der Waals surface area contributed by atoms with Crippen LogP contribution in [-0.4, -0.2) is 46.9 Å². The number of aliphatic hydroxyl groups is 1. The summed E-state index contributed by atoms with van der Waals surface area (Å²) in [5.74, 6) is -0.808. The summed E-state index contributed by atoms with van der Waals surface area (Å²) in [6, 6.07) is 1.63. The van der Waals surface area contributed by atoms with E-state index in [1.807, 2.05) is 5.32 Å². The average Bonchev–Trinajstić information content (AvgIpc) is 3.05. The Labute approximate surface area is 136 Å². The van der Waals surface area contributed by atoms with Crippen LogP contribution in [0, 0.1) is 0 Å². The molecule has 0 spiro atoms. The number of methoxy groups -OCH3 is 1. The van der Waals surface area contributed by atoms with Gasteiger partial charge in [-0.2, -0.15) is 13.2 Å². The lowest BCUT2D eigenvalue weighted by Gasteiger charge is -2.24. The van der Waals surface area contributed by atoms with Crippen LogP contribution < -0.4 is 5.32 Å². The first-order chi connectivity index (χ1) is 10.2. The summed E-state index contributed by atoms with van der Waals surface area (Å²) in [4.78, 5) is 16.5. The molecule has 2 heterocycles. The van der Waals surface area contributed by atoms with Crippen molar-refractivity contribution in [1.29, 1.82) is 0 Å². The molecular weight excluding hydrogens is 361 g/mol. The predicted molar refractivity (Wildman–Crippen MR) is 80.4 cm³/mol. The van der Waals surface area contributed by atoms with E-state index in [2.05, 4.69) is 9.73 Å². The van der Waals surface area contributed by atoms with E-state index in [1.54, 1.807) is 11.4 Å². The van der Waals surface area contributed by atoms with Crippen molar-refractivity contribution in [2.45, 2.75) is 16.8 Å². The van der Waals surface area contributed by atoms with Gasteiger partial charge in [0.1, 0.15) is 4.88 Å². The molecular formula is C11H11F3N2O3S3. The van der Waals surface area contributed by atoms with Crippen molar-refractivity contribution < 1.29 is 27.8 Å². The summed E-state index contributed by atoms with van der Waals surface area (Å²) in [5.41, 5.74) is -2.93. The Morgan fingerprint density at radius 2 is 2.36 bits per heavy atom. The molecule has 0 saturated carbocycles. The fourth-order valence-electron chi connectivity index (χ4n) is 1.43. The maximum Gasteiger partial charge on any atom is 0.437 e. The highest BCUT2D eigenvalue weighted by Gasteiger charge is 2.57. The standard InChI is InChI=1S/C11H11F3N2O3S3/c1-19-8(17)7-2-6(3-20-7)22-5-15-9-16-10(18,4-21-9)11(12,13)14/h2-3,18H,4-5H2,1H3,(H,15,16). The van der Waals surface area contributed by atoms with Crippen LogP contribution >= 0.6 is 34.9 Å². The molecule has 22 heavy (non-hydrogen) atoms. The van der Waals surface area contributed by atoms with Gasteiger partial charge in [0.25, 0.3) is 0 Å². The summed E-state index contributed by atoms with van der Waals surface area (Å²) >= 11 is 3.29. The molecule has 122 valence electrons. The predicted octanol–water partition coefficient (Wildman–Crippen LogP) is 2.53. The van der Waals surface area contributed by atoms with Crippen molar-refractivity contribution in [3.8, 4) is 0 Å². The number of carbonyl (C=O) groups excluding carboxylic acids is 1. The molecule has 1 unspecified atom stereocenters. The van der Waals surface area contributed by atoms with E-state index >= 15 is 0 Å². The summed E-state index contributed by atoms with van der Waals surface area (Å²) in [5, 5.41) is 13.2. The summed E-state index contributed by atoms with van der Waals surface area (Å²) in [7, 11) is 1.28. The van der Waals surface area contributed by atoms with Crippen LogP contribution in [0.15, 0.2) is 21.3 Å². The molecule has 0 aromatic carbocycles. The Morgan fingerprint density at radius 1 is 1.64 bits per heavy atom. The molecule has 1 saturated heterocycles. The van der Waals surface area contributed by atoms with Gasteiger partial charge in [-0.05, 0) is 6.07 Å². The first-order valence-electron chi connectivity index (χ1n) is 5.79. The molecule has 1 aliphatic rings. The van der Waals surface area contributed by atoms with Crippen molar-refractivity contribution >= 4 is 46.0 Å². The van der Waals surface area contributed by atoms with Crippen LogP contribution in [0.2, 0.25) is 0 Å². The average molecular weight is 372 g/mol. The number of nitrogens with one attached hydrogen (secondary N) is 1. The zero-order valence-electron chi connectivity index (χ0n) is 11.1. The topological polar surface area (TPSA) is 70.9 Å². The van der Waals surface area contributed by atoms with Gasteiger partial charge in [0.15, 0.2) is 5.17 Å². The zero-order valence-corrected chi connectivity index (χ0v) is 13.6. The second-order valence-electron chi connectivity index (χ2n) is 4.15. The SMILES string of the molecule is COC(=O)c1cc(SCN=C2NC(O)(C(F)(F)F)CS2)cs1. The van der Waals surface area contributed by atoms with E-state index in [-0.39, 0.29) is 11.0 Å². The van der Waals surface area contributed by atoms with Crippen molar-refractivity contribution in [3.63, 3.8) is 0 Å². The molecule has 2 rings (SSSR count). The smallest absolute Gasteiger partial charge is 0.437 e. The molecule has 1 aliphatic heterocycles. The summed E-state index contributed by atoms with van der Waals surface area (Å²) in [6.07, 6.45) is -4.76. The van der Waals surface area contributed by atoms with Crippen LogP contribution in [0.5, 0.6) is 0 Å². The lowest BCUT2D eigenvalue weighted by Crippen LogP contribution is -2.55. The van der Waals surface area contributed by atoms with E-state index in [0.29, 0.717) is 4.88 Å². The molecule has 11 heteroatoms. The summed E-state index contributed by atoms with van der Waals surface area (Å²) < 4.78 is 42.3. The lowest BCUT2D eigenvalue weighted by atomic mass is 10.2. The molecule has 0 amide bonds. The third-order valence-corrected chi connectivity index (χ3v) is 5.56. The van der Waals surface area contributed by atoms with E-state index in [9.17, 15) is 23.1 Å². The maximum absolute atomic E-state index is 12.6. The quantitative estimate of drug-likeness (QED) is 0.625. The monoisotopic (exact) mass is 372 g/mol. The Balaban J connectivity index is 1.89. The van der Waals surface area contributed by atoms with E-state index in [1.165, 1.54) is 30.2 Å². The van der Waals surface area contributed by atoms with Gasteiger partial charge in [0.05, 0.1) is 18.7 Å². The number of carbonyl (C=O) groups is 1. The maximum atomic E-state index is 12.6. The van der Waals surface area contributed by atoms with Gasteiger partial charge in [-0.25, -0.2) is 4.79 Å². The number of amidine groups is 1. The van der Waals surface area contributed by atoms with Crippen molar-refractivity contribution in [2.75, 3.05) is 18.7 Å². The molecule has 1 aromatic rings. The highest BCUT2D eigenvalue weighted by molar-refractivity contribution is 8.14. The minimum Gasteiger partial charge on any atom is -0.465 e. The van der Waals surface area contributed by atoms with E-state index < -0.39 is 23.6 Å². The van der Waals surface area contributed by atoms with Gasteiger partial charge >= 0.3 is 12.1 Å². The number of thiophene rings is 1. The molecule has 1 atom stereocenters. The van der Waals surface area contributed by atoms with Crippen LogP contribution in [0.3, 0.4) is 0 Å². The van der Waals surface area contributed by atoms with Gasteiger partial charge in [-0.15, -0.1) is 23.1 Å². The Bertz CT molecular complexity index is 591. The lowest BCUT2D eigenvalue weighted by molar-refractivity contribution is -0.254. The number of hydrogen-bond donors (Lipinski definition) is 2. The van der Waals surface area contributed by atoms with E-state index in [0.717, 1.165) is 16.7 Å². The van der Waals surface area contributed by atoms with Crippen LogP contribution in [-0.2, 0) is 4.74 Å². The molecule has 1 fully saturated rings. The number of thioether (sulfide) groups is 2. The number of rotatable bonds is 4. The molecule has 0 radical (unpaired) electrons. The minimum atomic E-state index is -4.76. The number of esters is 1. The van der Waals surface area contributed by atoms with Gasteiger partial charge in [-0.1, -0.05) is 11.8 Å². The van der Waals surface area contributed by atoms with Crippen LogP contribution in [0.1, 0.15) is 9.67 Å². The number of hydrogen-bond acceptors (Lipinski definition) is 7. The highest BCUT2D eigenvalue weighted by atomic mass is 32.2. The molecule has 5 nitrogen and oxygen atoms in total. The Kier molecular flexibility index (Phi) is 5.30. The first-order valence-corrected chi connectivity index (χ1v) is 8.64. The van der Waals surface area contributed by atoms with Crippen molar-refractivity contribution in [1.82, 2.24) is 5.32 Å². The molecule has 0 aliphatic carbocycles. The molecule has 0 bridgehead atoms. The molecule has 1 aromatic heterocycles. The fraction of sp³-hybridized carbons (Fsp3) is 0.455. The van der Waals surface area contributed by atoms with Gasteiger partial charge in [0.2, 0.25) is 5.72 Å². The second-order valence-corrected chi connectivity index (χ2v) is 7.04. The van der Waals surface area contributed by atoms with Crippen molar-refractivity contribution in [3.05, 3.63) is 16.3 Å². The van der Waals surface area contributed by atoms with Crippen LogP contribution in [0.25, 0.3) is 0 Å². The van der Waals surface area contributed by atoms with Gasteiger partial charge in [-0.3, -0.25) is 4.99 Å². The highest BCUT2D eigenvalue weighted by Crippen LogP contribution is 2.36. The number of halogens is 3.